The van der Waals surface area contributed by atoms with Crippen LogP contribution >= 0.6 is 11.6 Å². The second-order valence-corrected chi connectivity index (χ2v) is 5.75. The van der Waals surface area contributed by atoms with Gasteiger partial charge in [0.05, 0.1) is 5.54 Å². The fourth-order valence-electron chi connectivity index (χ4n) is 2.69. The molecule has 1 aromatic rings. The van der Waals surface area contributed by atoms with E-state index in [2.05, 4.69) is 5.32 Å². The Balaban J connectivity index is 2.26. The first kappa shape index (κ1) is 15.2. The number of nitrogens with one attached hydrogen (secondary N) is 1. The van der Waals surface area contributed by atoms with E-state index in [-0.39, 0.29) is 11.4 Å². The van der Waals surface area contributed by atoms with E-state index in [4.69, 9.17) is 11.6 Å². The van der Waals surface area contributed by atoms with Crippen molar-refractivity contribution in [2.24, 2.45) is 0 Å². The molecule has 2 rings (SSSR count). The van der Waals surface area contributed by atoms with Crippen molar-refractivity contribution < 1.29 is 13.6 Å². The maximum atomic E-state index is 14.0. The van der Waals surface area contributed by atoms with Crippen LogP contribution in [0.25, 0.3) is 0 Å². The lowest BCUT2D eigenvalue weighted by molar-refractivity contribution is 0.0876. The predicted molar refractivity (Wildman–Crippen MR) is 75.1 cm³/mol. The summed E-state index contributed by atoms with van der Waals surface area (Å²) in [5, 5.41) is 2.76. The molecule has 0 atom stereocenters. The van der Waals surface area contributed by atoms with Gasteiger partial charge in [-0.25, -0.2) is 8.78 Å². The Morgan fingerprint density at radius 1 is 1.30 bits per heavy atom. The Morgan fingerprint density at radius 2 is 1.95 bits per heavy atom. The standard InChI is InChI=1S/C15H18ClF2NO/c1-10-5-6-11(17)12(13(10)18)14(20)19-15(9-16)7-3-2-4-8-15/h5-6H,2-4,7-9H2,1H3,(H,19,20). The van der Waals surface area contributed by atoms with Gasteiger partial charge in [0, 0.05) is 5.88 Å². The van der Waals surface area contributed by atoms with Gasteiger partial charge in [-0.2, -0.15) is 0 Å². The molecule has 1 N–H and O–H groups in total. The number of hydrogen-bond donors (Lipinski definition) is 1. The largest absolute Gasteiger partial charge is 0.345 e. The molecule has 1 amide bonds. The minimum atomic E-state index is -0.842. The van der Waals surface area contributed by atoms with Gasteiger partial charge in [0.15, 0.2) is 0 Å². The number of carbonyl (C=O) groups excluding carboxylic acids is 1. The number of rotatable bonds is 3. The maximum absolute atomic E-state index is 14.0. The molecule has 0 bridgehead atoms. The van der Waals surface area contributed by atoms with E-state index in [0.717, 1.165) is 38.2 Å². The van der Waals surface area contributed by atoms with Gasteiger partial charge < -0.3 is 5.32 Å². The molecule has 0 heterocycles. The SMILES string of the molecule is Cc1ccc(F)c(C(=O)NC2(CCl)CCCCC2)c1F. The number of benzene rings is 1. The summed E-state index contributed by atoms with van der Waals surface area (Å²) in [4.78, 5) is 12.2. The molecule has 20 heavy (non-hydrogen) atoms. The molecule has 110 valence electrons. The molecule has 0 saturated heterocycles. The van der Waals surface area contributed by atoms with Crippen LogP contribution in [0.2, 0.25) is 0 Å². The van der Waals surface area contributed by atoms with Crippen molar-refractivity contribution >= 4 is 17.5 Å². The van der Waals surface area contributed by atoms with Crippen LogP contribution in [0.3, 0.4) is 0 Å². The van der Waals surface area contributed by atoms with E-state index in [9.17, 15) is 13.6 Å². The fraction of sp³-hybridized carbons (Fsp3) is 0.533. The lowest BCUT2D eigenvalue weighted by Gasteiger charge is -2.36. The maximum Gasteiger partial charge on any atom is 0.257 e. The van der Waals surface area contributed by atoms with Crippen LogP contribution in [0.5, 0.6) is 0 Å². The molecule has 1 aliphatic carbocycles. The van der Waals surface area contributed by atoms with E-state index >= 15 is 0 Å². The van der Waals surface area contributed by atoms with Gasteiger partial charge in [-0.15, -0.1) is 11.6 Å². The number of carbonyl (C=O) groups is 1. The first-order valence-corrected chi connectivity index (χ1v) is 7.36. The highest BCUT2D eigenvalue weighted by Gasteiger charge is 2.34. The van der Waals surface area contributed by atoms with Gasteiger partial charge in [-0.3, -0.25) is 4.79 Å². The summed E-state index contributed by atoms with van der Waals surface area (Å²) in [6.07, 6.45) is 4.52. The quantitative estimate of drug-likeness (QED) is 0.842. The Hall–Kier alpha value is -1.16. The summed E-state index contributed by atoms with van der Waals surface area (Å²) in [6.45, 7) is 1.50. The third-order valence-corrected chi connectivity index (χ3v) is 4.47. The first-order valence-electron chi connectivity index (χ1n) is 6.82. The predicted octanol–water partition coefficient (Wildman–Crippen LogP) is 3.94. The summed E-state index contributed by atoms with van der Waals surface area (Å²) in [5.41, 5.74) is -0.806. The highest BCUT2D eigenvalue weighted by Crippen LogP contribution is 2.30. The lowest BCUT2D eigenvalue weighted by atomic mass is 9.83. The highest BCUT2D eigenvalue weighted by atomic mass is 35.5. The van der Waals surface area contributed by atoms with Crippen LogP contribution in [0.1, 0.15) is 48.0 Å². The van der Waals surface area contributed by atoms with Crippen molar-refractivity contribution in [3.8, 4) is 0 Å². The molecule has 0 spiro atoms. The van der Waals surface area contributed by atoms with Gasteiger partial charge in [0.1, 0.15) is 17.2 Å². The van der Waals surface area contributed by atoms with E-state index in [1.165, 1.54) is 13.0 Å². The Bertz CT molecular complexity index is 513. The molecule has 2 nitrogen and oxygen atoms in total. The smallest absolute Gasteiger partial charge is 0.257 e. The zero-order valence-electron chi connectivity index (χ0n) is 11.4. The van der Waals surface area contributed by atoms with Gasteiger partial charge in [0.2, 0.25) is 0 Å². The number of hydrogen-bond acceptors (Lipinski definition) is 1. The van der Waals surface area contributed by atoms with Crippen LogP contribution in [0.15, 0.2) is 12.1 Å². The van der Waals surface area contributed by atoms with Crippen LogP contribution in [-0.2, 0) is 0 Å². The average Bonchev–Trinajstić information content (AvgIpc) is 2.44. The third-order valence-electron chi connectivity index (χ3n) is 3.96. The van der Waals surface area contributed by atoms with Crippen LogP contribution in [0, 0.1) is 18.6 Å². The summed E-state index contributed by atoms with van der Waals surface area (Å²) in [5.74, 6) is -2.10. The lowest BCUT2D eigenvalue weighted by Crippen LogP contribution is -2.51. The first-order chi connectivity index (χ1) is 9.49. The van der Waals surface area contributed by atoms with Crippen molar-refractivity contribution in [1.29, 1.82) is 0 Å². The Labute approximate surface area is 122 Å². The Kier molecular flexibility index (Phi) is 4.63. The van der Waals surface area contributed by atoms with Crippen LogP contribution < -0.4 is 5.32 Å². The molecule has 0 aromatic heterocycles. The zero-order valence-corrected chi connectivity index (χ0v) is 12.2. The topological polar surface area (TPSA) is 29.1 Å². The number of alkyl halides is 1. The second kappa shape index (κ2) is 6.08. The van der Waals surface area contributed by atoms with Gasteiger partial charge in [-0.1, -0.05) is 25.3 Å². The van der Waals surface area contributed by atoms with E-state index in [1.54, 1.807) is 0 Å². The number of halogens is 3. The van der Waals surface area contributed by atoms with Crippen molar-refractivity contribution in [1.82, 2.24) is 5.32 Å². The molecule has 0 aliphatic heterocycles. The van der Waals surface area contributed by atoms with Gasteiger partial charge in [-0.05, 0) is 31.4 Å². The van der Waals surface area contributed by atoms with Crippen molar-refractivity contribution in [2.45, 2.75) is 44.6 Å². The summed E-state index contributed by atoms with van der Waals surface area (Å²) >= 11 is 5.98. The molecule has 1 aromatic carbocycles. The normalized spacial score (nSPS) is 17.8. The van der Waals surface area contributed by atoms with Crippen LogP contribution in [-0.4, -0.2) is 17.3 Å². The molecule has 0 radical (unpaired) electrons. The highest BCUT2D eigenvalue weighted by molar-refractivity contribution is 6.19. The third kappa shape index (κ3) is 2.95. The molecule has 1 saturated carbocycles. The molecular weight excluding hydrogens is 284 g/mol. The molecule has 1 aliphatic rings. The van der Waals surface area contributed by atoms with Crippen molar-refractivity contribution in [3.63, 3.8) is 0 Å². The minimum Gasteiger partial charge on any atom is -0.345 e. The summed E-state index contributed by atoms with van der Waals surface area (Å²) in [7, 11) is 0. The van der Waals surface area contributed by atoms with Crippen LogP contribution in [0.4, 0.5) is 8.78 Å². The number of aryl methyl sites for hydroxylation is 1. The second-order valence-electron chi connectivity index (χ2n) is 5.48. The molecule has 1 fully saturated rings. The Morgan fingerprint density at radius 3 is 2.55 bits per heavy atom. The van der Waals surface area contributed by atoms with Crippen molar-refractivity contribution in [2.75, 3.05) is 5.88 Å². The number of amides is 1. The average molecular weight is 302 g/mol. The molecule has 5 heteroatoms. The van der Waals surface area contributed by atoms with E-state index < -0.39 is 28.6 Å². The fourth-order valence-corrected chi connectivity index (χ4v) is 3.02. The monoisotopic (exact) mass is 301 g/mol. The van der Waals surface area contributed by atoms with Gasteiger partial charge in [0.25, 0.3) is 5.91 Å². The molecule has 0 unspecified atom stereocenters. The minimum absolute atomic E-state index is 0.250. The zero-order chi connectivity index (χ0) is 14.8. The van der Waals surface area contributed by atoms with Crippen molar-refractivity contribution in [3.05, 3.63) is 34.9 Å². The van der Waals surface area contributed by atoms with E-state index in [1.807, 2.05) is 0 Å². The van der Waals surface area contributed by atoms with Gasteiger partial charge >= 0.3 is 0 Å². The van der Waals surface area contributed by atoms with E-state index in [0.29, 0.717) is 0 Å². The molecular formula is C15H18ClF2NO. The summed E-state index contributed by atoms with van der Waals surface area (Å²) < 4.78 is 27.7. The summed E-state index contributed by atoms with van der Waals surface area (Å²) in [6, 6.07) is 2.43.